The molecule has 134 valence electrons. The Balaban J connectivity index is 1.38. The number of carbonyl (C=O) groups excluding carboxylic acids is 1. The van der Waals surface area contributed by atoms with Gasteiger partial charge in [0, 0.05) is 44.4 Å². The highest BCUT2D eigenvalue weighted by atomic mass is 19.1. The lowest BCUT2D eigenvalue weighted by molar-refractivity contribution is -0.122. The molecule has 0 saturated carbocycles. The summed E-state index contributed by atoms with van der Waals surface area (Å²) in [6, 6.07) is 8.43. The number of nitrogens with zero attached hydrogens (tertiary/aromatic N) is 3. The Kier molecular flexibility index (Phi) is 5.78. The fourth-order valence-corrected chi connectivity index (χ4v) is 2.91. The number of aromatic nitrogens is 1. The maximum Gasteiger partial charge on any atom is 0.234 e. The zero-order valence-electron chi connectivity index (χ0n) is 14.4. The van der Waals surface area contributed by atoms with Crippen LogP contribution in [0.4, 0.5) is 4.39 Å². The van der Waals surface area contributed by atoms with Crippen LogP contribution in [-0.4, -0.2) is 53.6 Å². The smallest absolute Gasteiger partial charge is 0.234 e. The van der Waals surface area contributed by atoms with E-state index in [1.54, 1.807) is 18.2 Å². The molecular weight excluding hydrogens is 323 g/mol. The minimum Gasteiger partial charge on any atom is -0.360 e. The van der Waals surface area contributed by atoms with Crippen molar-refractivity contribution in [2.24, 2.45) is 0 Å². The van der Waals surface area contributed by atoms with Gasteiger partial charge in [-0.05, 0) is 13.0 Å². The molecule has 0 bridgehead atoms. The third-order valence-corrected chi connectivity index (χ3v) is 4.32. The van der Waals surface area contributed by atoms with E-state index in [0.717, 1.165) is 44.2 Å². The van der Waals surface area contributed by atoms with Crippen LogP contribution in [0.15, 0.2) is 34.9 Å². The number of aryl methyl sites for hydroxylation is 1. The Bertz CT molecular complexity index is 711. The van der Waals surface area contributed by atoms with Gasteiger partial charge in [0.25, 0.3) is 0 Å². The van der Waals surface area contributed by atoms with Crippen LogP contribution in [0, 0.1) is 12.7 Å². The van der Waals surface area contributed by atoms with Crippen LogP contribution < -0.4 is 5.32 Å². The number of rotatable bonds is 6. The first-order valence-electron chi connectivity index (χ1n) is 8.47. The highest BCUT2D eigenvalue weighted by Gasteiger charge is 2.20. The van der Waals surface area contributed by atoms with E-state index in [-0.39, 0.29) is 18.3 Å². The van der Waals surface area contributed by atoms with E-state index in [4.69, 9.17) is 4.52 Å². The van der Waals surface area contributed by atoms with Gasteiger partial charge < -0.3 is 9.84 Å². The Hall–Kier alpha value is -2.25. The lowest BCUT2D eigenvalue weighted by Gasteiger charge is -2.33. The molecular formula is C18H23FN4O2. The van der Waals surface area contributed by atoms with Crippen LogP contribution in [0.2, 0.25) is 0 Å². The third-order valence-electron chi connectivity index (χ3n) is 4.32. The summed E-state index contributed by atoms with van der Waals surface area (Å²) in [5.41, 5.74) is 1.39. The summed E-state index contributed by atoms with van der Waals surface area (Å²) in [6.45, 7) is 6.60. The van der Waals surface area contributed by atoms with Gasteiger partial charge in [-0.15, -0.1) is 0 Å². The van der Waals surface area contributed by atoms with Crippen LogP contribution in [0.3, 0.4) is 0 Å². The molecule has 1 saturated heterocycles. The molecule has 1 aromatic heterocycles. The maximum atomic E-state index is 13.5. The monoisotopic (exact) mass is 346 g/mol. The fourth-order valence-electron chi connectivity index (χ4n) is 2.91. The Morgan fingerprint density at radius 2 is 1.96 bits per heavy atom. The van der Waals surface area contributed by atoms with Gasteiger partial charge in [-0.2, -0.15) is 0 Å². The van der Waals surface area contributed by atoms with E-state index in [1.807, 2.05) is 13.0 Å². The molecule has 1 aliphatic heterocycles. The van der Waals surface area contributed by atoms with Gasteiger partial charge in [-0.25, -0.2) is 4.39 Å². The molecule has 1 aliphatic rings. The van der Waals surface area contributed by atoms with Crippen molar-refractivity contribution < 1.29 is 13.7 Å². The standard InChI is InChI=1S/C18H23FN4O2/c1-14-10-16(25-21-14)12-22-6-8-23(9-7-22)13-18(24)20-11-15-4-2-3-5-17(15)19/h2-5,10H,6-9,11-13H2,1H3,(H,20,24). The van der Waals surface area contributed by atoms with Crippen molar-refractivity contribution in [3.05, 3.63) is 53.2 Å². The molecule has 2 heterocycles. The molecule has 1 N–H and O–H groups in total. The molecule has 1 aromatic carbocycles. The van der Waals surface area contributed by atoms with Crippen molar-refractivity contribution in [1.29, 1.82) is 0 Å². The minimum atomic E-state index is -0.293. The van der Waals surface area contributed by atoms with E-state index in [1.165, 1.54) is 6.07 Å². The van der Waals surface area contributed by atoms with Crippen molar-refractivity contribution in [2.45, 2.75) is 20.0 Å². The molecule has 0 aliphatic carbocycles. The molecule has 1 amide bonds. The van der Waals surface area contributed by atoms with Crippen molar-refractivity contribution >= 4 is 5.91 Å². The molecule has 0 atom stereocenters. The lowest BCUT2D eigenvalue weighted by atomic mass is 10.2. The molecule has 2 aromatic rings. The molecule has 0 unspecified atom stereocenters. The zero-order chi connectivity index (χ0) is 17.6. The van der Waals surface area contributed by atoms with Crippen LogP contribution in [-0.2, 0) is 17.9 Å². The first-order chi connectivity index (χ1) is 12.1. The summed E-state index contributed by atoms with van der Waals surface area (Å²) in [6.07, 6.45) is 0. The minimum absolute atomic E-state index is 0.0810. The number of hydrogen-bond acceptors (Lipinski definition) is 5. The second kappa shape index (κ2) is 8.22. The second-order valence-corrected chi connectivity index (χ2v) is 6.36. The number of carbonyl (C=O) groups is 1. The molecule has 6 nitrogen and oxygen atoms in total. The van der Waals surface area contributed by atoms with Gasteiger partial charge in [0.1, 0.15) is 5.82 Å². The Morgan fingerprint density at radius 1 is 1.24 bits per heavy atom. The van der Waals surface area contributed by atoms with E-state index >= 15 is 0 Å². The summed E-state index contributed by atoms with van der Waals surface area (Å²) in [4.78, 5) is 16.5. The predicted octanol–water partition coefficient (Wildman–Crippen LogP) is 1.56. The number of piperazine rings is 1. The largest absolute Gasteiger partial charge is 0.360 e. The van der Waals surface area contributed by atoms with Crippen molar-refractivity contribution in [3.63, 3.8) is 0 Å². The summed E-state index contributed by atoms with van der Waals surface area (Å²) >= 11 is 0. The fraction of sp³-hybridized carbons (Fsp3) is 0.444. The summed E-state index contributed by atoms with van der Waals surface area (Å²) < 4.78 is 18.8. The average molecular weight is 346 g/mol. The van der Waals surface area contributed by atoms with Crippen molar-refractivity contribution in [1.82, 2.24) is 20.3 Å². The molecule has 0 spiro atoms. The van der Waals surface area contributed by atoms with E-state index < -0.39 is 0 Å². The number of hydrogen-bond donors (Lipinski definition) is 1. The van der Waals surface area contributed by atoms with E-state index in [0.29, 0.717) is 12.1 Å². The number of benzene rings is 1. The van der Waals surface area contributed by atoms with Crippen LogP contribution in [0.1, 0.15) is 17.0 Å². The van der Waals surface area contributed by atoms with Crippen molar-refractivity contribution in [2.75, 3.05) is 32.7 Å². The van der Waals surface area contributed by atoms with Crippen LogP contribution >= 0.6 is 0 Å². The zero-order valence-corrected chi connectivity index (χ0v) is 14.4. The predicted molar refractivity (Wildman–Crippen MR) is 91.2 cm³/mol. The van der Waals surface area contributed by atoms with Gasteiger partial charge in [0.05, 0.1) is 18.8 Å². The first-order valence-corrected chi connectivity index (χ1v) is 8.47. The van der Waals surface area contributed by atoms with Gasteiger partial charge in [0.2, 0.25) is 5.91 Å². The SMILES string of the molecule is Cc1cc(CN2CCN(CC(=O)NCc3ccccc3F)CC2)on1. The first kappa shape index (κ1) is 17.6. The summed E-state index contributed by atoms with van der Waals surface area (Å²) in [7, 11) is 0. The van der Waals surface area contributed by atoms with Gasteiger partial charge >= 0.3 is 0 Å². The third kappa shape index (κ3) is 5.11. The average Bonchev–Trinajstić information content (AvgIpc) is 3.01. The Morgan fingerprint density at radius 3 is 2.64 bits per heavy atom. The van der Waals surface area contributed by atoms with E-state index in [9.17, 15) is 9.18 Å². The number of nitrogens with one attached hydrogen (secondary N) is 1. The molecule has 7 heteroatoms. The van der Waals surface area contributed by atoms with Gasteiger partial charge in [-0.1, -0.05) is 23.4 Å². The Labute approximate surface area is 146 Å². The maximum absolute atomic E-state index is 13.5. The number of halogens is 1. The summed E-state index contributed by atoms with van der Waals surface area (Å²) in [5, 5.41) is 6.68. The normalized spacial score (nSPS) is 16.1. The van der Waals surface area contributed by atoms with Crippen LogP contribution in [0.25, 0.3) is 0 Å². The van der Waals surface area contributed by atoms with E-state index in [2.05, 4.69) is 20.3 Å². The second-order valence-electron chi connectivity index (χ2n) is 6.36. The molecule has 25 heavy (non-hydrogen) atoms. The van der Waals surface area contributed by atoms with Crippen LogP contribution in [0.5, 0.6) is 0 Å². The molecule has 3 rings (SSSR count). The van der Waals surface area contributed by atoms with Gasteiger partial charge in [0.15, 0.2) is 5.76 Å². The number of amides is 1. The quantitative estimate of drug-likeness (QED) is 0.860. The lowest BCUT2D eigenvalue weighted by Crippen LogP contribution is -2.49. The highest BCUT2D eigenvalue weighted by molar-refractivity contribution is 5.78. The highest BCUT2D eigenvalue weighted by Crippen LogP contribution is 2.10. The topological polar surface area (TPSA) is 61.6 Å². The molecule has 1 fully saturated rings. The van der Waals surface area contributed by atoms with Crippen molar-refractivity contribution in [3.8, 4) is 0 Å². The molecule has 0 radical (unpaired) electrons. The van der Waals surface area contributed by atoms with Gasteiger partial charge in [-0.3, -0.25) is 14.6 Å². The summed E-state index contributed by atoms with van der Waals surface area (Å²) in [5.74, 6) is 0.496.